The van der Waals surface area contributed by atoms with Crippen LogP contribution in [0.2, 0.25) is 0 Å². The quantitative estimate of drug-likeness (QED) is 0.652. The molecule has 14 heavy (non-hydrogen) atoms. The van der Waals surface area contributed by atoms with Crippen LogP contribution in [0.4, 0.5) is 0 Å². The van der Waals surface area contributed by atoms with Crippen LogP contribution in [-0.4, -0.2) is 12.7 Å². The fraction of sp³-hybridized carbons (Fsp3) is 0.462. The minimum absolute atomic E-state index is 0.245. The molecule has 0 aromatic heterocycles. The zero-order valence-corrected chi connectivity index (χ0v) is 9.08. The lowest BCUT2D eigenvalue weighted by Gasteiger charge is -2.18. The fourth-order valence-corrected chi connectivity index (χ4v) is 1.46. The van der Waals surface area contributed by atoms with Crippen LogP contribution in [0.15, 0.2) is 24.3 Å². The summed E-state index contributed by atoms with van der Waals surface area (Å²) in [6.45, 7) is 7.59. The number of rotatable bonds is 2. The summed E-state index contributed by atoms with van der Waals surface area (Å²) in [5.41, 5.74) is 2.89. The lowest BCUT2D eigenvalue weighted by atomic mass is 9.86. The van der Waals surface area contributed by atoms with Crippen molar-refractivity contribution in [3.05, 3.63) is 41.8 Å². The lowest BCUT2D eigenvalue weighted by Crippen LogP contribution is -2.10. The number of hydrogen-bond donors (Lipinski definition) is 0. The van der Waals surface area contributed by atoms with Crippen LogP contribution < -0.4 is 0 Å². The first kappa shape index (κ1) is 9.72. The van der Waals surface area contributed by atoms with E-state index in [1.807, 2.05) is 0 Å². The lowest BCUT2D eigenvalue weighted by molar-refractivity contribution is 0.432. The standard InChI is InChI=1S/C13H17O/c1-13(2,3)11-6-4-10(5-7-11)8-12-9-14-12/h4-8,12H,9H2,1-3H3. The van der Waals surface area contributed by atoms with Gasteiger partial charge < -0.3 is 4.74 Å². The Hall–Kier alpha value is -0.820. The van der Waals surface area contributed by atoms with Crippen molar-refractivity contribution in [1.29, 1.82) is 0 Å². The second kappa shape index (κ2) is 3.39. The highest BCUT2D eigenvalue weighted by Crippen LogP contribution is 2.24. The molecule has 1 aromatic rings. The van der Waals surface area contributed by atoms with Gasteiger partial charge in [-0.1, -0.05) is 45.0 Å². The molecule has 0 N–H and O–H groups in total. The maximum atomic E-state index is 5.15. The molecule has 1 heteroatoms. The molecule has 75 valence electrons. The average Bonchev–Trinajstić information content (AvgIpc) is 2.88. The fourth-order valence-electron chi connectivity index (χ4n) is 1.46. The van der Waals surface area contributed by atoms with Gasteiger partial charge >= 0.3 is 0 Å². The molecule has 1 fully saturated rings. The molecule has 1 aromatic carbocycles. The molecule has 0 saturated carbocycles. The van der Waals surface area contributed by atoms with Crippen LogP contribution in [0.5, 0.6) is 0 Å². The van der Waals surface area contributed by atoms with E-state index in [1.54, 1.807) is 0 Å². The van der Waals surface area contributed by atoms with E-state index < -0.39 is 0 Å². The topological polar surface area (TPSA) is 12.5 Å². The highest BCUT2D eigenvalue weighted by atomic mass is 16.6. The molecule has 1 saturated heterocycles. The molecule has 0 bridgehead atoms. The van der Waals surface area contributed by atoms with Crippen molar-refractivity contribution in [2.75, 3.05) is 6.61 Å². The van der Waals surface area contributed by atoms with Crippen molar-refractivity contribution in [2.45, 2.75) is 32.3 Å². The van der Waals surface area contributed by atoms with Crippen LogP contribution in [0.1, 0.15) is 31.9 Å². The summed E-state index contributed by atoms with van der Waals surface area (Å²) in [6, 6.07) is 8.74. The Labute approximate surface area is 86.1 Å². The zero-order chi connectivity index (χ0) is 10.2. The van der Waals surface area contributed by atoms with Gasteiger partial charge in [-0.2, -0.15) is 0 Å². The Kier molecular flexibility index (Phi) is 2.36. The smallest absolute Gasteiger partial charge is 0.0885 e. The minimum Gasteiger partial charge on any atom is -0.372 e. The molecule has 1 unspecified atom stereocenters. The molecular formula is C13H17O. The Morgan fingerprint density at radius 2 is 1.79 bits per heavy atom. The number of hydrogen-bond acceptors (Lipinski definition) is 1. The Morgan fingerprint density at radius 1 is 1.21 bits per heavy atom. The van der Waals surface area contributed by atoms with E-state index in [0.29, 0.717) is 6.10 Å². The SMILES string of the molecule is CC(C)(C)c1ccc([CH]C2CO2)cc1. The molecule has 1 atom stereocenters. The molecule has 0 aliphatic carbocycles. The summed E-state index contributed by atoms with van der Waals surface area (Å²) >= 11 is 0. The molecule has 1 radical (unpaired) electrons. The van der Waals surface area contributed by atoms with Gasteiger partial charge in [-0.25, -0.2) is 0 Å². The third kappa shape index (κ3) is 2.36. The highest BCUT2D eigenvalue weighted by Gasteiger charge is 2.23. The van der Waals surface area contributed by atoms with Gasteiger partial charge in [0.1, 0.15) is 0 Å². The number of epoxide rings is 1. The van der Waals surface area contributed by atoms with Crippen LogP contribution >= 0.6 is 0 Å². The molecule has 2 rings (SSSR count). The summed E-state index contributed by atoms with van der Waals surface area (Å²) in [5, 5.41) is 0. The van der Waals surface area contributed by atoms with Gasteiger partial charge in [-0.05, 0) is 16.5 Å². The second-order valence-corrected chi connectivity index (χ2v) is 4.91. The Bertz CT molecular complexity index is 301. The molecule has 1 heterocycles. The van der Waals surface area contributed by atoms with Crippen molar-refractivity contribution in [3.8, 4) is 0 Å². The Balaban J connectivity index is 2.08. The maximum absolute atomic E-state index is 5.15. The molecule has 1 aliphatic rings. The van der Waals surface area contributed by atoms with Crippen LogP contribution in [0.25, 0.3) is 0 Å². The molecular weight excluding hydrogens is 172 g/mol. The van der Waals surface area contributed by atoms with Crippen molar-refractivity contribution < 1.29 is 4.74 Å². The van der Waals surface area contributed by atoms with Crippen molar-refractivity contribution in [1.82, 2.24) is 0 Å². The summed E-state index contributed by atoms with van der Waals surface area (Å²) in [4.78, 5) is 0. The van der Waals surface area contributed by atoms with Crippen LogP contribution in [-0.2, 0) is 10.2 Å². The molecule has 1 nitrogen and oxygen atoms in total. The maximum Gasteiger partial charge on any atom is 0.0885 e. The predicted octanol–water partition coefficient (Wildman–Crippen LogP) is 2.94. The van der Waals surface area contributed by atoms with E-state index in [0.717, 1.165) is 6.61 Å². The normalized spacial score (nSPS) is 20.9. The van der Waals surface area contributed by atoms with E-state index in [-0.39, 0.29) is 5.41 Å². The van der Waals surface area contributed by atoms with Crippen molar-refractivity contribution >= 4 is 0 Å². The van der Waals surface area contributed by atoms with Gasteiger partial charge in [0, 0.05) is 6.42 Å². The Morgan fingerprint density at radius 3 is 2.21 bits per heavy atom. The van der Waals surface area contributed by atoms with Crippen LogP contribution in [0, 0.1) is 6.42 Å². The van der Waals surface area contributed by atoms with Crippen molar-refractivity contribution in [2.24, 2.45) is 0 Å². The largest absolute Gasteiger partial charge is 0.372 e. The minimum atomic E-state index is 0.245. The molecule has 1 aliphatic heterocycles. The van der Waals surface area contributed by atoms with Gasteiger partial charge in [-0.15, -0.1) is 0 Å². The molecule has 0 amide bonds. The first-order chi connectivity index (χ1) is 6.55. The number of ether oxygens (including phenoxy) is 1. The summed E-state index contributed by atoms with van der Waals surface area (Å²) in [5.74, 6) is 0. The average molecular weight is 189 g/mol. The summed E-state index contributed by atoms with van der Waals surface area (Å²) in [7, 11) is 0. The zero-order valence-electron chi connectivity index (χ0n) is 9.08. The summed E-state index contributed by atoms with van der Waals surface area (Å²) < 4.78 is 5.15. The van der Waals surface area contributed by atoms with E-state index >= 15 is 0 Å². The van der Waals surface area contributed by atoms with Crippen LogP contribution in [0.3, 0.4) is 0 Å². The van der Waals surface area contributed by atoms with E-state index in [4.69, 9.17) is 4.74 Å². The van der Waals surface area contributed by atoms with E-state index in [1.165, 1.54) is 11.1 Å². The predicted molar refractivity (Wildman–Crippen MR) is 58.3 cm³/mol. The third-order valence-corrected chi connectivity index (χ3v) is 2.51. The first-order valence-electron chi connectivity index (χ1n) is 5.13. The van der Waals surface area contributed by atoms with Gasteiger partial charge in [0.25, 0.3) is 0 Å². The van der Waals surface area contributed by atoms with E-state index in [2.05, 4.69) is 51.5 Å². The van der Waals surface area contributed by atoms with E-state index in [9.17, 15) is 0 Å². The second-order valence-electron chi connectivity index (χ2n) is 4.91. The number of benzene rings is 1. The van der Waals surface area contributed by atoms with Gasteiger partial charge in [0.05, 0.1) is 12.7 Å². The third-order valence-electron chi connectivity index (χ3n) is 2.51. The first-order valence-corrected chi connectivity index (χ1v) is 5.13. The van der Waals surface area contributed by atoms with Gasteiger partial charge in [0.15, 0.2) is 0 Å². The monoisotopic (exact) mass is 189 g/mol. The highest BCUT2D eigenvalue weighted by molar-refractivity contribution is 5.32. The van der Waals surface area contributed by atoms with Gasteiger partial charge in [-0.3, -0.25) is 0 Å². The van der Waals surface area contributed by atoms with Crippen molar-refractivity contribution in [3.63, 3.8) is 0 Å². The van der Waals surface area contributed by atoms with Gasteiger partial charge in [0.2, 0.25) is 0 Å². The molecule has 0 spiro atoms. The summed E-state index contributed by atoms with van der Waals surface area (Å²) in [6.07, 6.45) is 2.54.